The summed E-state index contributed by atoms with van der Waals surface area (Å²) in [6, 6.07) is 3.71. The molecule has 0 fully saturated rings. The Labute approximate surface area is 107 Å². The van der Waals surface area contributed by atoms with Crippen molar-refractivity contribution in [1.82, 2.24) is 0 Å². The standard InChI is InChI=1S/C11H14F3N3O2/c1-10(2,11(12,13)14)6-16-8-5-7(15)3-4-9(8)17(18)19/h3-5,16H,6,15H2,1-2H3. The van der Waals surface area contributed by atoms with Crippen LogP contribution in [0.15, 0.2) is 18.2 Å². The van der Waals surface area contributed by atoms with Crippen molar-refractivity contribution >= 4 is 17.1 Å². The number of nitro benzene ring substituents is 1. The number of anilines is 2. The minimum atomic E-state index is -4.41. The molecule has 1 aromatic rings. The molecule has 1 aromatic carbocycles. The van der Waals surface area contributed by atoms with Crippen molar-refractivity contribution in [2.45, 2.75) is 20.0 Å². The summed E-state index contributed by atoms with van der Waals surface area (Å²) in [6.07, 6.45) is -4.41. The topological polar surface area (TPSA) is 81.2 Å². The molecule has 8 heteroatoms. The molecule has 106 valence electrons. The van der Waals surface area contributed by atoms with Crippen LogP contribution in [0.1, 0.15) is 13.8 Å². The van der Waals surface area contributed by atoms with Gasteiger partial charge < -0.3 is 11.1 Å². The lowest BCUT2D eigenvalue weighted by Crippen LogP contribution is -2.38. The highest BCUT2D eigenvalue weighted by Gasteiger charge is 2.47. The number of benzene rings is 1. The smallest absolute Gasteiger partial charge is 0.395 e. The van der Waals surface area contributed by atoms with Gasteiger partial charge in [0.15, 0.2) is 0 Å². The van der Waals surface area contributed by atoms with Gasteiger partial charge in [0, 0.05) is 18.3 Å². The maximum Gasteiger partial charge on any atom is 0.395 e. The maximum atomic E-state index is 12.7. The number of nitrogens with one attached hydrogen (secondary N) is 1. The van der Waals surface area contributed by atoms with Gasteiger partial charge in [0.05, 0.1) is 10.3 Å². The molecule has 0 saturated carbocycles. The fourth-order valence-electron chi connectivity index (χ4n) is 1.27. The SMILES string of the molecule is CC(C)(CNc1cc(N)ccc1[N+](=O)[O-])C(F)(F)F. The fraction of sp³-hybridized carbons (Fsp3) is 0.455. The molecule has 19 heavy (non-hydrogen) atoms. The average molecular weight is 277 g/mol. The minimum absolute atomic E-state index is 0.0256. The molecule has 1 rings (SSSR count). The minimum Gasteiger partial charge on any atom is -0.399 e. The summed E-state index contributed by atoms with van der Waals surface area (Å²) in [5, 5.41) is 13.2. The van der Waals surface area contributed by atoms with E-state index >= 15 is 0 Å². The molecule has 5 nitrogen and oxygen atoms in total. The number of nitro groups is 1. The third kappa shape index (κ3) is 3.49. The highest BCUT2D eigenvalue weighted by molar-refractivity contribution is 5.67. The summed E-state index contributed by atoms with van der Waals surface area (Å²) in [7, 11) is 0. The van der Waals surface area contributed by atoms with Gasteiger partial charge in [-0.15, -0.1) is 0 Å². The quantitative estimate of drug-likeness (QED) is 0.503. The first-order chi connectivity index (χ1) is 8.54. The van der Waals surface area contributed by atoms with E-state index in [4.69, 9.17) is 5.73 Å². The molecular formula is C11H14F3N3O2. The lowest BCUT2D eigenvalue weighted by Gasteiger charge is -2.28. The highest BCUT2D eigenvalue weighted by Crippen LogP contribution is 2.38. The third-order valence-electron chi connectivity index (χ3n) is 2.71. The maximum absolute atomic E-state index is 12.7. The van der Waals surface area contributed by atoms with E-state index in [1.165, 1.54) is 12.1 Å². The van der Waals surface area contributed by atoms with Gasteiger partial charge in [-0.25, -0.2) is 0 Å². The van der Waals surface area contributed by atoms with Crippen LogP contribution in [0.3, 0.4) is 0 Å². The van der Waals surface area contributed by atoms with E-state index in [2.05, 4.69) is 5.32 Å². The van der Waals surface area contributed by atoms with Crippen LogP contribution in [-0.2, 0) is 0 Å². The van der Waals surface area contributed by atoms with Crippen LogP contribution in [0.4, 0.5) is 30.2 Å². The van der Waals surface area contributed by atoms with Gasteiger partial charge in [-0.05, 0) is 26.0 Å². The molecule has 0 unspecified atom stereocenters. The molecule has 0 saturated heterocycles. The zero-order valence-corrected chi connectivity index (χ0v) is 10.4. The van der Waals surface area contributed by atoms with Gasteiger partial charge >= 0.3 is 6.18 Å². The van der Waals surface area contributed by atoms with Crippen molar-refractivity contribution in [3.63, 3.8) is 0 Å². The summed E-state index contributed by atoms with van der Waals surface area (Å²) < 4.78 is 38.0. The Kier molecular flexibility index (Phi) is 3.92. The van der Waals surface area contributed by atoms with Crippen molar-refractivity contribution in [1.29, 1.82) is 0 Å². The van der Waals surface area contributed by atoms with Gasteiger partial charge in [0.25, 0.3) is 5.69 Å². The molecule has 0 spiro atoms. The third-order valence-corrected chi connectivity index (χ3v) is 2.71. The molecule has 0 bridgehead atoms. The Morgan fingerprint density at radius 2 is 1.95 bits per heavy atom. The van der Waals surface area contributed by atoms with E-state index in [1.807, 2.05) is 0 Å². The summed E-state index contributed by atoms with van der Waals surface area (Å²) in [6.45, 7) is 1.54. The Hall–Kier alpha value is -1.99. The summed E-state index contributed by atoms with van der Waals surface area (Å²) in [5.41, 5.74) is 3.36. The number of rotatable bonds is 4. The molecule has 0 aliphatic heterocycles. The zero-order chi connectivity index (χ0) is 14.8. The van der Waals surface area contributed by atoms with Crippen LogP contribution in [0.2, 0.25) is 0 Å². The molecule has 0 aliphatic carbocycles. The predicted molar refractivity (Wildman–Crippen MR) is 65.8 cm³/mol. The van der Waals surface area contributed by atoms with Gasteiger partial charge in [-0.2, -0.15) is 13.2 Å². The second-order valence-corrected chi connectivity index (χ2v) is 4.77. The summed E-state index contributed by atoms with van der Waals surface area (Å²) in [4.78, 5) is 10.1. The van der Waals surface area contributed by atoms with E-state index in [0.717, 1.165) is 19.9 Å². The van der Waals surface area contributed by atoms with Crippen LogP contribution in [0, 0.1) is 15.5 Å². The first kappa shape index (κ1) is 15.1. The Bertz CT molecular complexity index is 487. The van der Waals surface area contributed by atoms with Gasteiger partial charge in [0.1, 0.15) is 5.69 Å². The number of nitrogens with two attached hydrogens (primary N) is 1. The van der Waals surface area contributed by atoms with Crippen molar-refractivity contribution in [3.05, 3.63) is 28.3 Å². The van der Waals surface area contributed by atoms with Crippen molar-refractivity contribution in [3.8, 4) is 0 Å². The first-order valence-corrected chi connectivity index (χ1v) is 5.39. The molecule has 0 atom stereocenters. The summed E-state index contributed by atoms with van der Waals surface area (Å²) in [5.74, 6) is 0. The van der Waals surface area contributed by atoms with Gasteiger partial charge in [0.2, 0.25) is 0 Å². The van der Waals surface area contributed by atoms with E-state index < -0.39 is 23.1 Å². The zero-order valence-electron chi connectivity index (χ0n) is 10.4. The second-order valence-electron chi connectivity index (χ2n) is 4.77. The molecule has 0 aliphatic rings. The Morgan fingerprint density at radius 1 is 1.37 bits per heavy atom. The number of hydrogen-bond acceptors (Lipinski definition) is 4. The van der Waals surface area contributed by atoms with E-state index in [-0.39, 0.29) is 17.1 Å². The highest BCUT2D eigenvalue weighted by atomic mass is 19.4. The van der Waals surface area contributed by atoms with E-state index in [0.29, 0.717) is 0 Å². The number of hydrogen-bond donors (Lipinski definition) is 2. The first-order valence-electron chi connectivity index (χ1n) is 5.39. The van der Waals surface area contributed by atoms with Crippen LogP contribution >= 0.6 is 0 Å². The second kappa shape index (κ2) is 4.94. The number of halogens is 3. The lowest BCUT2D eigenvalue weighted by atomic mass is 9.92. The fourth-order valence-corrected chi connectivity index (χ4v) is 1.27. The van der Waals surface area contributed by atoms with Crippen LogP contribution in [-0.4, -0.2) is 17.6 Å². The van der Waals surface area contributed by atoms with E-state index in [1.54, 1.807) is 0 Å². The Balaban J connectivity index is 2.95. The summed E-state index contributed by atoms with van der Waals surface area (Å²) >= 11 is 0. The van der Waals surface area contributed by atoms with Crippen LogP contribution < -0.4 is 11.1 Å². The lowest BCUT2D eigenvalue weighted by molar-refractivity contribution is -0.384. The number of nitrogens with zero attached hydrogens (tertiary/aromatic N) is 1. The normalized spacial score (nSPS) is 12.3. The predicted octanol–water partition coefficient (Wildman–Crippen LogP) is 3.18. The molecular weight excluding hydrogens is 263 g/mol. The average Bonchev–Trinajstić information content (AvgIpc) is 2.24. The Morgan fingerprint density at radius 3 is 2.42 bits per heavy atom. The number of nitrogen functional groups attached to an aromatic ring is 1. The molecule has 0 aromatic heterocycles. The number of alkyl halides is 3. The monoisotopic (exact) mass is 277 g/mol. The molecule has 0 radical (unpaired) electrons. The van der Waals surface area contributed by atoms with Crippen molar-refractivity contribution in [2.24, 2.45) is 5.41 Å². The van der Waals surface area contributed by atoms with Crippen molar-refractivity contribution in [2.75, 3.05) is 17.6 Å². The van der Waals surface area contributed by atoms with Crippen molar-refractivity contribution < 1.29 is 18.1 Å². The van der Waals surface area contributed by atoms with Gasteiger partial charge in [-0.1, -0.05) is 0 Å². The van der Waals surface area contributed by atoms with Crippen LogP contribution in [0.5, 0.6) is 0 Å². The van der Waals surface area contributed by atoms with E-state index in [9.17, 15) is 23.3 Å². The molecule has 0 heterocycles. The van der Waals surface area contributed by atoms with Crippen LogP contribution in [0.25, 0.3) is 0 Å². The largest absolute Gasteiger partial charge is 0.399 e. The molecule has 0 amide bonds. The molecule has 3 N–H and O–H groups in total. The van der Waals surface area contributed by atoms with Gasteiger partial charge in [-0.3, -0.25) is 10.1 Å².